The third kappa shape index (κ3) is 4.83. The van der Waals surface area contributed by atoms with Gasteiger partial charge in [-0.15, -0.1) is 11.8 Å². The highest BCUT2D eigenvalue weighted by Gasteiger charge is 2.74. The molecule has 0 unspecified atom stereocenters. The molecule has 0 spiro atoms. The summed E-state index contributed by atoms with van der Waals surface area (Å²) < 4.78 is 16.0. The van der Waals surface area contributed by atoms with E-state index >= 15 is 9.59 Å². The van der Waals surface area contributed by atoms with E-state index in [-0.39, 0.29) is 29.5 Å². The molecule has 3 aliphatic carbocycles. The van der Waals surface area contributed by atoms with Crippen molar-refractivity contribution in [1.29, 1.82) is 0 Å². The van der Waals surface area contributed by atoms with Crippen LogP contribution in [0.25, 0.3) is 0 Å². The summed E-state index contributed by atoms with van der Waals surface area (Å²) in [7, 11) is 3.64. The van der Waals surface area contributed by atoms with Crippen LogP contribution < -0.4 is 9.47 Å². The molecule has 2 aromatic carbocycles. The monoisotopic (exact) mass is 646 g/mol. The van der Waals surface area contributed by atoms with Gasteiger partial charge < -0.3 is 19.1 Å². The van der Waals surface area contributed by atoms with Gasteiger partial charge in [-0.05, 0) is 74.1 Å². The summed E-state index contributed by atoms with van der Waals surface area (Å²) in [5, 5.41) is 16.8. The first-order valence-corrected chi connectivity index (χ1v) is 17.1. The smallest absolute Gasteiger partial charge is 0.265 e. The van der Waals surface area contributed by atoms with Crippen molar-refractivity contribution in [3.8, 4) is 11.6 Å². The lowest BCUT2D eigenvalue weighted by molar-refractivity contribution is -0.152. The van der Waals surface area contributed by atoms with Crippen LogP contribution in [0.5, 0.6) is 11.6 Å². The van der Waals surface area contributed by atoms with Gasteiger partial charge in [-0.1, -0.05) is 63.9 Å². The Kier molecular flexibility index (Phi) is 8.91. The van der Waals surface area contributed by atoms with Gasteiger partial charge in [-0.25, -0.2) is 0 Å². The lowest BCUT2D eigenvalue weighted by Crippen LogP contribution is -2.72. The predicted octanol–water partition coefficient (Wildman–Crippen LogP) is 6.30. The molecule has 0 amide bonds. The molecule has 46 heavy (non-hydrogen) atoms. The number of rotatable bonds is 11. The molecule has 1 heterocycles. The minimum absolute atomic E-state index is 0.0273. The Morgan fingerprint density at radius 3 is 2.30 bits per heavy atom. The highest BCUT2D eigenvalue weighted by molar-refractivity contribution is 8.02. The van der Waals surface area contributed by atoms with Crippen molar-refractivity contribution >= 4 is 29.1 Å². The molecule has 1 saturated carbocycles. The van der Waals surface area contributed by atoms with Crippen LogP contribution in [0.4, 0.5) is 0 Å². The third-order valence-corrected chi connectivity index (χ3v) is 11.5. The zero-order valence-corrected chi connectivity index (χ0v) is 27.9. The van der Waals surface area contributed by atoms with Gasteiger partial charge in [0.15, 0.2) is 22.9 Å². The van der Waals surface area contributed by atoms with E-state index in [0.717, 1.165) is 43.0 Å². The topological polar surface area (TPSA) is 119 Å². The minimum Gasteiger partial charge on any atom is -0.493 e. The summed E-state index contributed by atoms with van der Waals surface area (Å²) in [6.07, 6.45) is 3.55. The predicted molar refractivity (Wildman–Crippen MR) is 174 cm³/mol. The third-order valence-electron chi connectivity index (χ3n) is 9.95. The summed E-state index contributed by atoms with van der Waals surface area (Å²) in [5.74, 6) is -3.10. The second-order valence-corrected chi connectivity index (χ2v) is 14.2. The van der Waals surface area contributed by atoms with Crippen molar-refractivity contribution < 1.29 is 33.5 Å². The van der Waals surface area contributed by atoms with Crippen LogP contribution in [0.3, 0.4) is 0 Å². The first kappa shape index (κ1) is 32.5. The fourth-order valence-corrected chi connectivity index (χ4v) is 9.19. The number of carbonyl (C=O) groups excluding carboxylic acids is 3. The highest BCUT2D eigenvalue weighted by Crippen LogP contribution is 2.63. The van der Waals surface area contributed by atoms with E-state index in [2.05, 4.69) is 12.1 Å². The second-order valence-electron chi connectivity index (χ2n) is 12.9. The number of aromatic nitrogens is 1. The van der Waals surface area contributed by atoms with Gasteiger partial charge >= 0.3 is 0 Å². The van der Waals surface area contributed by atoms with Crippen molar-refractivity contribution in [2.75, 3.05) is 27.3 Å². The molecule has 9 nitrogen and oxygen atoms in total. The first-order chi connectivity index (χ1) is 22.1. The Balaban J connectivity index is 1.56. The molecular weight excluding hydrogens is 604 g/mol. The molecule has 6 rings (SSSR count). The number of nitrogens with zero attached hydrogens (tertiary/aromatic N) is 2. The van der Waals surface area contributed by atoms with Gasteiger partial charge in [0.25, 0.3) is 5.88 Å². The normalized spacial score (nSPS) is 28.4. The number of hydrogen-bond acceptors (Lipinski definition) is 10. The van der Waals surface area contributed by atoms with E-state index in [1.165, 1.54) is 0 Å². The zero-order valence-electron chi connectivity index (χ0n) is 27.1. The number of ether oxygens (including phenoxy) is 2. The van der Waals surface area contributed by atoms with Crippen molar-refractivity contribution in [2.24, 2.45) is 11.8 Å². The fourth-order valence-electron chi connectivity index (χ4n) is 7.63. The molecule has 0 saturated heterocycles. The summed E-state index contributed by atoms with van der Waals surface area (Å²) in [6.45, 7) is 6.84. The number of hydrogen-bond donors (Lipinski definition) is 1. The van der Waals surface area contributed by atoms with Crippen LogP contribution in [0.1, 0.15) is 96.9 Å². The van der Waals surface area contributed by atoms with E-state index in [0.29, 0.717) is 29.4 Å². The maximum absolute atomic E-state index is 15.4. The maximum atomic E-state index is 15.4. The number of thioether (sulfide) groups is 1. The molecule has 0 bridgehead atoms. The quantitative estimate of drug-likeness (QED) is 0.188. The summed E-state index contributed by atoms with van der Waals surface area (Å²) in [5.41, 5.74) is -1.40. The van der Waals surface area contributed by atoms with Crippen molar-refractivity contribution in [1.82, 2.24) is 10.1 Å². The molecular formula is C36H42N2O7S. The van der Waals surface area contributed by atoms with Crippen molar-refractivity contribution in [3.63, 3.8) is 0 Å². The van der Waals surface area contributed by atoms with Gasteiger partial charge in [0.1, 0.15) is 16.1 Å². The number of carbonyl (C=O) groups is 3. The van der Waals surface area contributed by atoms with Crippen LogP contribution in [0.2, 0.25) is 0 Å². The van der Waals surface area contributed by atoms with Gasteiger partial charge in [0.2, 0.25) is 5.78 Å². The first-order valence-electron chi connectivity index (χ1n) is 16.3. The van der Waals surface area contributed by atoms with E-state index in [1.807, 2.05) is 75.3 Å². The van der Waals surface area contributed by atoms with Crippen LogP contribution in [0.15, 0.2) is 57.9 Å². The van der Waals surface area contributed by atoms with Crippen LogP contribution in [-0.2, 0) is 4.79 Å². The Hall–Kier alpha value is -3.47. The lowest BCUT2D eigenvalue weighted by Gasteiger charge is -2.57. The average Bonchev–Trinajstić information content (AvgIpc) is 3.46. The molecule has 10 heteroatoms. The summed E-state index contributed by atoms with van der Waals surface area (Å²) in [4.78, 5) is 47.7. The van der Waals surface area contributed by atoms with Gasteiger partial charge in [0, 0.05) is 10.8 Å². The molecule has 1 aromatic heterocycles. The van der Waals surface area contributed by atoms with Crippen molar-refractivity contribution in [2.45, 2.75) is 80.1 Å². The van der Waals surface area contributed by atoms with Gasteiger partial charge in [-0.2, -0.15) is 0 Å². The number of ketones is 3. The van der Waals surface area contributed by atoms with Crippen molar-refractivity contribution in [3.05, 3.63) is 71.0 Å². The number of fused-ring (bicyclic) bond motifs is 4. The summed E-state index contributed by atoms with van der Waals surface area (Å²) in [6, 6.07) is 14.2. The van der Waals surface area contributed by atoms with Crippen LogP contribution in [0, 0.1) is 11.8 Å². The van der Waals surface area contributed by atoms with E-state index in [1.54, 1.807) is 6.07 Å². The molecule has 6 atom stereocenters. The average molecular weight is 647 g/mol. The van der Waals surface area contributed by atoms with Gasteiger partial charge in [-0.3, -0.25) is 19.3 Å². The lowest BCUT2D eigenvalue weighted by atomic mass is 9.51. The number of unbranched alkanes of at least 4 members (excludes halogenated alkanes) is 2. The molecule has 0 radical (unpaired) electrons. The minimum atomic E-state index is -2.53. The Morgan fingerprint density at radius 2 is 1.63 bits per heavy atom. The van der Waals surface area contributed by atoms with Crippen LogP contribution >= 0.6 is 11.8 Å². The van der Waals surface area contributed by atoms with E-state index in [4.69, 9.17) is 14.0 Å². The van der Waals surface area contributed by atoms with E-state index in [9.17, 15) is 9.90 Å². The Bertz CT molecular complexity index is 1640. The zero-order chi connectivity index (χ0) is 32.8. The molecule has 0 aliphatic heterocycles. The van der Waals surface area contributed by atoms with E-state index < -0.39 is 45.6 Å². The van der Waals surface area contributed by atoms with Crippen LogP contribution in [-0.4, -0.2) is 70.2 Å². The highest BCUT2D eigenvalue weighted by atomic mass is 32.2. The van der Waals surface area contributed by atoms with Gasteiger partial charge in [0.05, 0.1) is 24.8 Å². The molecule has 1 N–H and O–H groups in total. The summed E-state index contributed by atoms with van der Waals surface area (Å²) >= 11 is 1.14. The maximum Gasteiger partial charge on any atom is 0.265 e. The molecule has 244 valence electrons. The largest absolute Gasteiger partial charge is 0.493 e. The Labute approximate surface area is 274 Å². The number of benzene rings is 2. The Morgan fingerprint density at radius 1 is 0.935 bits per heavy atom. The fraction of sp³-hybridized carbons (Fsp3) is 0.500. The number of aliphatic hydroxyl groups is 1. The molecule has 1 fully saturated rings. The molecule has 3 aliphatic rings. The number of Topliss-reactive ketones (excluding diaryl/α,β-unsaturated/α-hetero) is 3. The molecule has 3 aromatic rings. The standard InChI is InChI=1S/C36H42N2O7S/c1-6-8-18-43-26-17-13-16-23-21(3)24-20-25-29(38(4)5)30-28(33(37-45-30)44-19-9-7-2)31(39)35(25,42)34(41)36(24,32(40)27(23)26)46-22-14-11-10-12-15-22/h10-17,21,24-25,29,42H,6-9,18-20H2,1-5H3/t21-,24-,25-,29-,35+,36+/m0/s1. The SMILES string of the molecule is CCCCOc1cccc2c1C(=O)[C@@]1(Sc3ccccc3)C(=O)[C@]3(O)C(=O)c4c(OCCCC)noc4[C@@H](N(C)C)[C@@H]3C[C@H]1[C@H]2C. The second kappa shape index (κ2) is 12.6.